The number of hydrogen-bond donors (Lipinski definition) is 1. The fourth-order valence-electron chi connectivity index (χ4n) is 3.84. The predicted octanol–water partition coefficient (Wildman–Crippen LogP) is 3.66. The largest absolute Gasteiger partial charge is 0.324 e. The normalized spacial score (nSPS) is 19.6. The number of aromatic nitrogens is 3. The first kappa shape index (κ1) is 21.2. The van der Waals surface area contributed by atoms with Crippen molar-refractivity contribution in [1.82, 2.24) is 19.1 Å². The standard InChI is InChI=1S/C20H24ClN5O3S2/c21-16-8-7-15(31(28,29)25-9-1-2-10-25)11-17(16)22-18(27)12-30-20-24-23-19(13-3-4-13)26(20)14-5-6-14/h7-8,11,13-14H,1-6,9-10,12H2,(H,22,27). The molecule has 3 fully saturated rings. The minimum atomic E-state index is -3.58. The summed E-state index contributed by atoms with van der Waals surface area (Å²) in [4.78, 5) is 12.7. The van der Waals surface area contributed by atoms with Crippen molar-refractivity contribution in [3.8, 4) is 0 Å². The van der Waals surface area contributed by atoms with E-state index in [1.807, 2.05) is 0 Å². The number of nitrogens with one attached hydrogen (secondary N) is 1. The van der Waals surface area contributed by atoms with Crippen molar-refractivity contribution in [2.75, 3.05) is 24.2 Å². The number of halogens is 1. The van der Waals surface area contributed by atoms with Crippen molar-refractivity contribution in [3.63, 3.8) is 0 Å². The predicted molar refractivity (Wildman–Crippen MR) is 119 cm³/mol. The summed E-state index contributed by atoms with van der Waals surface area (Å²) in [5, 5.41) is 12.5. The van der Waals surface area contributed by atoms with Crippen LogP contribution in [0.4, 0.5) is 5.69 Å². The number of anilines is 1. The maximum atomic E-state index is 12.8. The van der Waals surface area contributed by atoms with E-state index in [2.05, 4.69) is 20.1 Å². The molecule has 0 spiro atoms. The van der Waals surface area contributed by atoms with Crippen molar-refractivity contribution in [3.05, 3.63) is 29.0 Å². The summed E-state index contributed by atoms with van der Waals surface area (Å²) < 4.78 is 29.3. The van der Waals surface area contributed by atoms with E-state index in [1.54, 1.807) is 0 Å². The Bertz CT molecular complexity index is 1110. The summed E-state index contributed by atoms with van der Waals surface area (Å²) in [7, 11) is -3.58. The highest BCUT2D eigenvalue weighted by Crippen LogP contribution is 2.46. The third kappa shape index (κ3) is 4.48. The molecule has 0 radical (unpaired) electrons. The van der Waals surface area contributed by atoms with Crippen LogP contribution in [0.15, 0.2) is 28.3 Å². The smallest absolute Gasteiger partial charge is 0.243 e. The monoisotopic (exact) mass is 481 g/mol. The van der Waals surface area contributed by atoms with Gasteiger partial charge in [-0.3, -0.25) is 4.79 Å². The lowest BCUT2D eigenvalue weighted by atomic mass is 10.3. The lowest BCUT2D eigenvalue weighted by molar-refractivity contribution is -0.113. The number of rotatable bonds is 8. The first-order valence-electron chi connectivity index (χ1n) is 10.6. The van der Waals surface area contributed by atoms with E-state index in [-0.39, 0.29) is 16.6 Å². The highest BCUT2D eigenvalue weighted by atomic mass is 35.5. The van der Waals surface area contributed by atoms with Crippen LogP contribution in [0.2, 0.25) is 5.02 Å². The van der Waals surface area contributed by atoms with Gasteiger partial charge in [-0.15, -0.1) is 10.2 Å². The Balaban J connectivity index is 1.27. The zero-order chi connectivity index (χ0) is 21.6. The second-order valence-electron chi connectivity index (χ2n) is 8.31. The maximum absolute atomic E-state index is 12.8. The molecule has 0 unspecified atom stereocenters. The van der Waals surface area contributed by atoms with Gasteiger partial charge in [0.05, 0.1) is 21.4 Å². The molecule has 1 saturated heterocycles. The van der Waals surface area contributed by atoms with Gasteiger partial charge in [0, 0.05) is 25.0 Å². The molecule has 1 amide bonds. The molecule has 31 heavy (non-hydrogen) atoms. The highest BCUT2D eigenvalue weighted by molar-refractivity contribution is 7.99. The van der Waals surface area contributed by atoms with Crippen molar-refractivity contribution in [2.24, 2.45) is 0 Å². The molecule has 5 rings (SSSR count). The summed E-state index contributed by atoms with van der Waals surface area (Å²) in [6, 6.07) is 4.89. The second kappa shape index (κ2) is 8.38. The number of carbonyl (C=O) groups excluding carboxylic acids is 1. The number of sulfonamides is 1. The van der Waals surface area contributed by atoms with Gasteiger partial charge in [-0.1, -0.05) is 23.4 Å². The molecule has 1 aromatic heterocycles. The van der Waals surface area contributed by atoms with Crippen LogP contribution in [-0.2, 0) is 14.8 Å². The zero-order valence-electron chi connectivity index (χ0n) is 17.0. The molecule has 2 heterocycles. The van der Waals surface area contributed by atoms with E-state index in [0.717, 1.165) is 49.5 Å². The molecule has 1 aromatic carbocycles. The van der Waals surface area contributed by atoms with Gasteiger partial charge >= 0.3 is 0 Å². The molecule has 0 bridgehead atoms. The SMILES string of the molecule is O=C(CSc1nnc(C2CC2)n1C1CC1)Nc1cc(S(=O)(=O)N2CCCC2)ccc1Cl. The molecule has 0 atom stereocenters. The van der Waals surface area contributed by atoms with E-state index in [1.165, 1.54) is 34.3 Å². The Hall–Kier alpha value is -1.62. The van der Waals surface area contributed by atoms with Crippen LogP contribution in [0.1, 0.15) is 56.3 Å². The molecule has 2 saturated carbocycles. The van der Waals surface area contributed by atoms with Gasteiger partial charge < -0.3 is 9.88 Å². The quantitative estimate of drug-likeness (QED) is 0.578. The van der Waals surface area contributed by atoms with E-state index >= 15 is 0 Å². The van der Waals surface area contributed by atoms with Crippen molar-refractivity contribution < 1.29 is 13.2 Å². The average Bonchev–Trinajstić information content (AvgIpc) is 3.67. The zero-order valence-corrected chi connectivity index (χ0v) is 19.3. The lowest BCUT2D eigenvalue weighted by Gasteiger charge is -2.16. The molecule has 1 aliphatic heterocycles. The Morgan fingerprint density at radius 3 is 2.58 bits per heavy atom. The molecular formula is C20H24ClN5O3S2. The fraction of sp³-hybridized carbons (Fsp3) is 0.550. The minimum absolute atomic E-state index is 0.143. The molecule has 2 aromatic rings. The van der Waals surface area contributed by atoms with Crippen LogP contribution in [-0.4, -0.2) is 52.2 Å². The summed E-state index contributed by atoms with van der Waals surface area (Å²) in [6.07, 6.45) is 6.30. The number of benzene rings is 1. The van der Waals surface area contributed by atoms with Crippen molar-refractivity contribution in [1.29, 1.82) is 0 Å². The number of hydrogen-bond acceptors (Lipinski definition) is 6. The van der Waals surface area contributed by atoms with Gasteiger partial charge in [0.2, 0.25) is 15.9 Å². The molecular weight excluding hydrogens is 458 g/mol. The molecule has 11 heteroatoms. The molecule has 3 aliphatic rings. The Kier molecular flexibility index (Phi) is 5.74. The summed E-state index contributed by atoms with van der Waals surface area (Å²) >= 11 is 7.58. The highest BCUT2D eigenvalue weighted by Gasteiger charge is 2.36. The summed E-state index contributed by atoms with van der Waals surface area (Å²) in [5.74, 6) is 1.44. The summed E-state index contributed by atoms with van der Waals surface area (Å²) in [5.41, 5.74) is 0.301. The first-order chi connectivity index (χ1) is 14.9. The number of carbonyl (C=O) groups is 1. The van der Waals surface area contributed by atoms with Crippen LogP contribution >= 0.6 is 23.4 Å². The number of thioether (sulfide) groups is 1. The Morgan fingerprint density at radius 1 is 1.16 bits per heavy atom. The van der Waals surface area contributed by atoms with E-state index in [0.29, 0.717) is 35.8 Å². The van der Waals surface area contributed by atoms with E-state index < -0.39 is 10.0 Å². The summed E-state index contributed by atoms with van der Waals surface area (Å²) in [6.45, 7) is 1.04. The topological polar surface area (TPSA) is 97.2 Å². The molecule has 1 N–H and O–H groups in total. The average molecular weight is 482 g/mol. The first-order valence-corrected chi connectivity index (χ1v) is 13.4. The molecule has 8 nitrogen and oxygen atoms in total. The van der Waals surface area contributed by atoms with Crippen LogP contribution < -0.4 is 5.32 Å². The van der Waals surface area contributed by atoms with Gasteiger partial charge in [-0.25, -0.2) is 8.42 Å². The second-order valence-corrected chi connectivity index (χ2v) is 11.6. The maximum Gasteiger partial charge on any atom is 0.243 e. The lowest BCUT2D eigenvalue weighted by Crippen LogP contribution is -2.28. The van der Waals surface area contributed by atoms with Gasteiger partial charge in [0.15, 0.2) is 5.16 Å². The van der Waals surface area contributed by atoms with Gasteiger partial charge in [-0.05, 0) is 56.7 Å². The van der Waals surface area contributed by atoms with Crippen molar-refractivity contribution in [2.45, 2.75) is 60.5 Å². The van der Waals surface area contributed by atoms with Gasteiger partial charge in [0.1, 0.15) is 5.82 Å². The molecule has 166 valence electrons. The van der Waals surface area contributed by atoms with Crippen LogP contribution in [0, 0.1) is 0 Å². The number of nitrogens with zero attached hydrogens (tertiary/aromatic N) is 4. The van der Waals surface area contributed by atoms with Crippen LogP contribution in [0.25, 0.3) is 0 Å². The number of amides is 1. The fourth-order valence-corrected chi connectivity index (χ4v) is 6.36. The minimum Gasteiger partial charge on any atom is -0.324 e. The Labute approximate surface area is 190 Å². The molecule has 2 aliphatic carbocycles. The van der Waals surface area contributed by atoms with Gasteiger partial charge in [0.25, 0.3) is 0 Å². The van der Waals surface area contributed by atoms with Gasteiger partial charge in [-0.2, -0.15) is 4.31 Å². The third-order valence-electron chi connectivity index (χ3n) is 5.79. The van der Waals surface area contributed by atoms with E-state index in [9.17, 15) is 13.2 Å². The third-order valence-corrected chi connectivity index (χ3v) is 8.96. The Morgan fingerprint density at radius 2 is 1.90 bits per heavy atom. The van der Waals surface area contributed by atoms with Crippen molar-refractivity contribution >= 4 is 45.0 Å². The van der Waals surface area contributed by atoms with Crippen LogP contribution in [0.5, 0.6) is 0 Å². The van der Waals surface area contributed by atoms with E-state index in [4.69, 9.17) is 11.6 Å². The van der Waals surface area contributed by atoms with Crippen LogP contribution in [0.3, 0.4) is 0 Å².